The van der Waals surface area contributed by atoms with Crippen molar-refractivity contribution in [3.05, 3.63) is 23.8 Å². The second kappa shape index (κ2) is 4.99. The summed E-state index contributed by atoms with van der Waals surface area (Å²) in [6.45, 7) is 6.72. The molecule has 1 heterocycles. The van der Waals surface area contributed by atoms with Crippen molar-refractivity contribution in [2.45, 2.75) is 26.8 Å². The normalized spacial score (nSPS) is 21.4. The van der Waals surface area contributed by atoms with Gasteiger partial charge in [0.1, 0.15) is 6.61 Å². The lowest BCUT2D eigenvalue weighted by Crippen LogP contribution is -2.46. The number of hydrogen-bond donors (Lipinski definition) is 2. The Morgan fingerprint density at radius 3 is 2.95 bits per heavy atom. The number of benzene rings is 1. The molecule has 0 bridgehead atoms. The highest BCUT2D eigenvalue weighted by Gasteiger charge is 2.38. The van der Waals surface area contributed by atoms with E-state index < -0.39 is 6.09 Å². The maximum atomic E-state index is 11.4. The Bertz CT molecular complexity index is 484. The molecule has 1 aliphatic rings. The van der Waals surface area contributed by atoms with Crippen molar-refractivity contribution in [2.24, 2.45) is 5.41 Å². The van der Waals surface area contributed by atoms with Gasteiger partial charge in [-0.05, 0) is 24.6 Å². The van der Waals surface area contributed by atoms with Gasteiger partial charge in [0.25, 0.3) is 0 Å². The lowest BCUT2D eigenvalue weighted by Gasteiger charge is -2.38. The molecule has 1 amide bonds. The molecule has 104 valence electrons. The Balaban J connectivity index is 2.34. The van der Waals surface area contributed by atoms with E-state index in [0.29, 0.717) is 19.0 Å². The second-order valence-corrected chi connectivity index (χ2v) is 5.30. The SMILES string of the molecule is CCOc1cc([C@@H]2NC(=O)OCC2(C)C)ccc1O. The lowest BCUT2D eigenvalue weighted by atomic mass is 9.80. The van der Waals surface area contributed by atoms with Crippen molar-refractivity contribution >= 4 is 6.09 Å². The van der Waals surface area contributed by atoms with E-state index in [1.807, 2.05) is 20.8 Å². The van der Waals surface area contributed by atoms with Crippen molar-refractivity contribution in [3.63, 3.8) is 0 Å². The van der Waals surface area contributed by atoms with Crippen LogP contribution in [0.15, 0.2) is 18.2 Å². The molecule has 0 unspecified atom stereocenters. The molecule has 1 fully saturated rings. The van der Waals surface area contributed by atoms with Crippen molar-refractivity contribution in [1.29, 1.82) is 0 Å². The Labute approximate surface area is 112 Å². The highest BCUT2D eigenvalue weighted by molar-refractivity contribution is 5.69. The molecule has 2 rings (SSSR count). The standard InChI is InChI=1S/C14H19NO4/c1-4-18-11-7-9(5-6-10(11)16)12-14(2,3)8-19-13(17)15-12/h5-7,12,16H,4,8H2,1-3H3,(H,15,17)/t12-/m0/s1. The molecule has 0 radical (unpaired) electrons. The van der Waals surface area contributed by atoms with Crippen LogP contribution in [0.5, 0.6) is 11.5 Å². The van der Waals surface area contributed by atoms with Crippen LogP contribution in [-0.2, 0) is 4.74 Å². The van der Waals surface area contributed by atoms with Gasteiger partial charge in [0.05, 0.1) is 12.6 Å². The topological polar surface area (TPSA) is 67.8 Å². The molecule has 0 spiro atoms. The van der Waals surface area contributed by atoms with Crippen LogP contribution in [0.25, 0.3) is 0 Å². The van der Waals surface area contributed by atoms with E-state index in [0.717, 1.165) is 5.56 Å². The zero-order valence-corrected chi connectivity index (χ0v) is 11.4. The molecule has 1 saturated heterocycles. The monoisotopic (exact) mass is 265 g/mol. The van der Waals surface area contributed by atoms with E-state index in [2.05, 4.69) is 5.32 Å². The fraction of sp³-hybridized carbons (Fsp3) is 0.500. The third kappa shape index (κ3) is 2.75. The van der Waals surface area contributed by atoms with E-state index in [4.69, 9.17) is 9.47 Å². The second-order valence-electron chi connectivity index (χ2n) is 5.30. The highest BCUT2D eigenvalue weighted by atomic mass is 16.6. The van der Waals surface area contributed by atoms with Gasteiger partial charge in [-0.2, -0.15) is 0 Å². The van der Waals surface area contributed by atoms with Crippen molar-refractivity contribution < 1.29 is 19.4 Å². The summed E-state index contributed by atoms with van der Waals surface area (Å²) in [5, 5.41) is 12.5. The number of carbonyl (C=O) groups is 1. The van der Waals surface area contributed by atoms with Gasteiger partial charge < -0.3 is 19.9 Å². The minimum atomic E-state index is -0.421. The first-order valence-electron chi connectivity index (χ1n) is 6.33. The Morgan fingerprint density at radius 2 is 2.26 bits per heavy atom. The number of phenolic OH excluding ortho intramolecular Hbond substituents is 1. The van der Waals surface area contributed by atoms with Crippen LogP contribution in [0.1, 0.15) is 32.4 Å². The summed E-state index contributed by atoms with van der Waals surface area (Å²) in [7, 11) is 0. The summed E-state index contributed by atoms with van der Waals surface area (Å²) in [6.07, 6.45) is -0.421. The van der Waals surface area contributed by atoms with Gasteiger partial charge in [0.2, 0.25) is 0 Å². The number of alkyl carbamates (subject to hydrolysis) is 1. The first-order chi connectivity index (χ1) is 8.94. The first-order valence-corrected chi connectivity index (χ1v) is 6.33. The number of carbonyl (C=O) groups excluding carboxylic acids is 1. The van der Waals surface area contributed by atoms with Crippen molar-refractivity contribution in [2.75, 3.05) is 13.2 Å². The summed E-state index contributed by atoms with van der Waals surface area (Å²) in [5.74, 6) is 0.526. The number of rotatable bonds is 3. The number of aromatic hydroxyl groups is 1. The summed E-state index contributed by atoms with van der Waals surface area (Å²) >= 11 is 0. The number of phenols is 1. The number of nitrogens with one attached hydrogen (secondary N) is 1. The molecule has 0 saturated carbocycles. The van der Waals surface area contributed by atoms with Gasteiger partial charge in [-0.15, -0.1) is 0 Å². The molecule has 1 aromatic rings. The molecule has 5 heteroatoms. The van der Waals surface area contributed by atoms with Gasteiger partial charge in [-0.25, -0.2) is 4.79 Å². The smallest absolute Gasteiger partial charge is 0.407 e. The lowest BCUT2D eigenvalue weighted by molar-refractivity contribution is 0.0386. The van der Waals surface area contributed by atoms with E-state index in [1.54, 1.807) is 18.2 Å². The fourth-order valence-electron chi connectivity index (χ4n) is 2.21. The largest absolute Gasteiger partial charge is 0.504 e. The molecular formula is C14H19NO4. The quantitative estimate of drug-likeness (QED) is 0.881. The summed E-state index contributed by atoms with van der Waals surface area (Å²) < 4.78 is 10.4. The number of hydrogen-bond acceptors (Lipinski definition) is 4. The van der Waals surface area contributed by atoms with Crippen molar-refractivity contribution in [3.8, 4) is 11.5 Å². The molecule has 0 aliphatic carbocycles. The molecule has 19 heavy (non-hydrogen) atoms. The zero-order chi connectivity index (χ0) is 14.0. The molecule has 1 aliphatic heterocycles. The van der Waals surface area contributed by atoms with E-state index in [-0.39, 0.29) is 17.2 Å². The average Bonchev–Trinajstić information content (AvgIpc) is 2.36. The van der Waals surface area contributed by atoms with Crippen LogP contribution in [0.3, 0.4) is 0 Å². The molecular weight excluding hydrogens is 246 g/mol. The highest BCUT2D eigenvalue weighted by Crippen LogP contribution is 2.39. The predicted molar refractivity (Wildman–Crippen MR) is 70.3 cm³/mol. The molecule has 0 aromatic heterocycles. The minimum Gasteiger partial charge on any atom is -0.504 e. The van der Waals surface area contributed by atoms with Gasteiger partial charge in [-0.3, -0.25) is 0 Å². The van der Waals surface area contributed by atoms with Crippen molar-refractivity contribution in [1.82, 2.24) is 5.32 Å². The zero-order valence-electron chi connectivity index (χ0n) is 11.4. The summed E-state index contributed by atoms with van der Waals surface area (Å²) in [4.78, 5) is 11.4. The number of amides is 1. The fourth-order valence-corrected chi connectivity index (χ4v) is 2.21. The molecule has 1 atom stereocenters. The van der Waals surface area contributed by atoms with Crippen LogP contribution < -0.4 is 10.1 Å². The maximum absolute atomic E-state index is 11.4. The van der Waals surface area contributed by atoms with E-state index in [9.17, 15) is 9.90 Å². The van der Waals surface area contributed by atoms with E-state index >= 15 is 0 Å². The van der Waals surface area contributed by atoms with Crippen LogP contribution >= 0.6 is 0 Å². The van der Waals surface area contributed by atoms with Gasteiger partial charge in [0.15, 0.2) is 11.5 Å². The summed E-state index contributed by atoms with van der Waals surface area (Å²) in [6, 6.07) is 4.96. The average molecular weight is 265 g/mol. The third-order valence-electron chi connectivity index (χ3n) is 3.24. The minimum absolute atomic E-state index is 0.0989. The Hall–Kier alpha value is -1.91. The van der Waals surface area contributed by atoms with Crippen LogP contribution in [0.2, 0.25) is 0 Å². The molecule has 5 nitrogen and oxygen atoms in total. The molecule has 2 N–H and O–H groups in total. The van der Waals surface area contributed by atoms with E-state index in [1.165, 1.54) is 0 Å². The Morgan fingerprint density at radius 1 is 1.53 bits per heavy atom. The third-order valence-corrected chi connectivity index (χ3v) is 3.24. The Kier molecular flexibility index (Phi) is 3.55. The number of ether oxygens (including phenoxy) is 2. The van der Waals surface area contributed by atoms with Crippen LogP contribution in [-0.4, -0.2) is 24.4 Å². The first kappa shape index (κ1) is 13.5. The van der Waals surface area contributed by atoms with Gasteiger partial charge >= 0.3 is 6.09 Å². The van der Waals surface area contributed by atoms with Gasteiger partial charge in [-0.1, -0.05) is 19.9 Å². The predicted octanol–water partition coefficient (Wildman–Crippen LogP) is 2.60. The summed E-state index contributed by atoms with van der Waals surface area (Å²) in [5.41, 5.74) is 0.664. The number of cyclic esters (lactones) is 1. The van der Waals surface area contributed by atoms with Crippen LogP contribution in [0, 0.1) is 5.41 Å². The maximum Gasteiger partial charge on any atom is 0.407 e. The van der Waals surface area contributed by atoms with Gasteiger partial charge in [0, 0.05) is 5.41 Å². The van der Waals surface area contributed by atoms with Crippen LogP contribution in [0.4, 0.5) is 4.79 Å². The molecule has 1 aromatic carbocycles.